The number of ether oxygens (including phenoxy) is 1. The number of aromatic nitrogens is 2. The van der Waals surface area contributed by atoms with Crippen LogP contribution in [0.1, 0.15) is 25.3 Å². The second-order valence-electron chi connectivity index (χ2n) is 5.83. The van der Waals surface area contributed by atoms with Crippen molar-refractivity contribution in [3.63, 3.8) is 0 Å². The molecule has 1 N–H and O–H groups in total. The monoisotopic (exact) mass is 383 g/mol. The van der Waals surface area contributed by atoms with Gasteiger partial charge in [-0.3, -0.25) is 4.79 Å². The minimum absolute atomic E-state index is 0.132. The van der Waals surface area contributed by atoms with Gasteiger partial charge in [0.15, 0.2) is 0 Å². The number of amides is 1. The molecule has 0 aliphatic heterocycles. The van der Waals surface area contributed by atoms with Gasteiger partial charge in [-0.2, -0.15) is 0 Å². The first-order valence-corrected chi connectivity index (χ1v) is 9.58. The molecule has 0 aliphatic rings. The van der Waals surface area contributed by atoms with Gasteiger partial charge in [0.25, 0.3) is 5.22 Å². The lowest BCUT2D eigenvalue weighted by Gasteiger charge is -2.10. The second-order valence-corrected chi connectivity index (χ2v) is 7.12. The van der Waals surface area contributed by atoms with Crippen molar-refractivity contribution in [1.82, 2.24) is 10.2 Å². The van der Waals surface area contributed by atoms with E-state index in [1.807, 2.05) is 61.5 Å². The van der Waals surface area contributed by atoms with Crippen LogP contribution >= 0.6 is 11.8 Å². The number of hydrogen-bond donors (Lipinski definition) is 1. The summed E-state index contributed by atoms with van der Waals surface area (Å²) < 4.78 is 11.0. The Hall–Kier alpha value is -2.80. The first-order valence-electron chi connectivity index (χ1n) is 8.70. The van der Waals surface area contributed by atoms with Gasteiger partial charge in [0.2, 0.25) is 11.8 Å². The molecular weight excluding hydrogens is 362 g/mol. The number of carbonyl (C=O) groups is 1. The van der Waals surface area contributed by atoms with E-state index in [1.165, 1.54) is 11.8 Å². The lowest BCUT2D eigenvalue weighted by molar-refractivity contribution is -0.115. The predicted octanol–water partition coefficient (Wildman–Crippen LogP) is 4.18. The van der Waals surface area contributed by atoms with Gasteiger partial charge >= 0.3 is 0 Å². The standard InChI is InChI=1S/C20H21N3O3S/c1-3-25-17-11-9-16(10-12-17)21-19(24)14(2)27-20-23-22-18(26-20)13-15-7-5-4-6-8-15/h4-12,14H,3,13H2,1-2H3,(H,21,24)/t14-/m1/s1. The highest BCUT2D eigenvalue weighted by Gasteiger charge is 2.18. The number of benzene rings is 2. The third kappa shape index (κ3) is 5.59. The summed E-state index contributed by atoms with van der Waals surface area (Å²) in [6.45, 7) is 4.34. The van der Waals surface area contributed by atoms with Gasteiger partial charge in [-0.1, -0.05) is 42.1 Å². The van der Waals surface area contributed by atoms with Gasteiger partial charge < -0.3 is 14.5 Å². The van der Waals surface area contributed by atoms with Crippen LogP contribution in [0.4, 0.5) is 5.69 Å². The summed E-state index contributed by atoms with van der Waals surface area (Å²) >= 11 is 1.24. The molecule has 0 spiro atoms. The molecule has 27 heavy (non-hydrogen) atoms. The molecule has 1 amide bonds. The summed E-state index contributed by atoms with van der Waals surface area (Å²) in [5.74, 6) is 1.17. The summed E-state index contributed by atoms with van der Waals surface area (Å²) in [7, 11) is 0. The van der Waals surface area contributed by atoms with Crippen LogP contribution in [0.3, 0.4) is 0 Å². The molecule has 1 aromatic heterocycles. The normalized spacial score (nSPS) is 11.8. The lowest BCUT2D eigenvalue weighted by atomic mass is 10.2. The average Bonchev–Trinajstić information content (AvgIpc) is 3.11. The van der Waals surface area contributed by atoms with Crippen molar-refractivity contribution in [3.05, 3.63) is 66.1 Å². The van der Waals surface area contributed by atoms with Gasteiger partial charge in [-0.15, -0.1) is 10.2 Å². The molecule has 140 valence electrons. The van der Waals surface area contributed by atoms with E-state index in [4.69, 9.17) is 9.15 Å². The van der Waals surface area contributed by atoms with E-state index in [-0.39, 0.29) is 11.2 Å². The predicted molar refractivity (Wildman–Crippen MR) is 105 cm³/mol. The summed E-state index contributed by atoms with van der Waals surface area (Å²) in [5.41, 5.74) is 1.81. The maximum Gasteiger partial charge on any atom is 0.277 e. The fourth-order valence-electron chi connectivity index (χ4n) is 2.38. The summed E-state index contributed by atoms with van der Waals surface area (Å²) in [6.07, 6.45) is 0.571. The highest BCUT2D eigenvalue weighted by atomic mass is 32.2. The van der Waals surface area contributed by atoms with Crippen molar-refractivity contribution in [3.8, 4) is 5.75 Å². The molecule has 0 radical (unpaired) electrons. The average molecular weight is 383 g/mol. The minimum atomic E-state index is -0.374. The van der Waals surface area contributed by atoms with Gasteiger partial charge in [-0.05, 0) is 43.7 Å². The number of nitrogens with one attached hydrogen (secondary N) is 1. The highest BCUT2D eigenvalue weighted by molar-refractivity contribution is 8.00. The number of carbonyl (C=O) groups excluding carboxylic acids is 1. The highest BCUT2D eigenvalue weighted by Crippen LogP contribution is 2.24. The van der Waals surface area contributed by atoms with Gasteiger partial charge in [0.05, 0.1) is 18.3 Å². The fourth-order valence-corrected chi connectivity index (χ4v) is 3.08. The Labute approximate surface area is 162 Å². The van der Waals surface area contributed by atoms with Crippen molar-refractivity contribution in [2.45, 2.75) is 30.7 Å². The van der Waals surface area contributed by atoms with Crippen molar-refractivity contribution in [1.29, 1.82) is 0 Å². The SMILES string of the molecule is CCOc1ccc(NC(=O)[C@@H](C)Sc2nnc(Cc3ccccc3)o2)cc1. The maximum absolute atomic E-state index is 12.4. The van der Waals surface area contributed by atoms with Crippen molar-refractivity contribution >= 4 is 23.4 Å². The van der Waals surface area contributed by atoms with Crippen molar-refractivity contribution in [2.75, 3.05) is 11.9 Å². The minimum Gasteiger partial charge on any atom is -0.494 e. The molecule has 3 rings (SSSR count). The van der Waals surface area contributed by atoms with E-state index in [2.05, 4.69) is 15.5 Å². The van der Waals surface area contributed by atoms with Crippen LogP contribution in [0.25, 0.3) is 0 Å². The Bertz CT molecular complexity index is 866. The quantitative estimate of drug-likeness (QED) is 0.588. The fraction of sp³-hybridized carbons (Fsp3) is 0.250. The smallest absolute Gasteiger partial charge is 0.277 e. The maximum atomic E-state index is 12.4. The molecule has 0 saturated carbocycles. The second kappa shape index (κ2) is 9.23. The van der Waals surface area contributed by atoms with E-state index < -0.39 is 0 Å². The Morgan fingerprint density at radius 3 is 2.59 bits per heavy atom. The largest absolute Gasteiger partial charge is 0.494 e. The summed E-state index contributed by atoms with van der Waals surface area (Å²) in [4.78, 5) is 12.4. The van der Waals surface area contributed by atoms with Crippen LogP contribution in [0.15, 0.2) is 64.2 Å². The molecule has 0 saturated heterocycles. The Morgan fingerprint density at radius 2 is 1.89 bits per heavy atom. The first-order chi connectivity index (χ1) is 13.1. The molecule has 0 bridgehead atoms. The third-order valence-corrected chi connectivity index (χ3v) is 4.66. The molecule has 1 atom stereocenters. The van der Waals surface area contributed by atoms with E-state index >= 15 is 0 Å². The zero-order chi connectivity index (χ0) is 19.1. The molecule has 7 heteroatoms. The van der Waals surface area contributed by atoms with Gasteiger partial charge in [0, 0.05) is 5.69 Å². The van der Waals surface area contributed by atoms with E-state index in [0.29, 0.717) is 29.8 Å². The zero-order valence-corrected chi connectivity index (χ0v) is 16.0. The topological polar surface area (TPSA) is 77.2 Å². The number of anilines is 1. The summed E-state index contributed by atoms with van der Waals surface area (Å²) in [5, 5.41) is 11.0. The van der Waals surface area contributed by atoms with Gasteiger partial charge in [-0.25, -0.2) is 0 Å². The van der Waals surface area contributed by atoms with Crippen LogP contribution in [-0.2, 0) is 11.2 Å². The molecule has 2 aromatic carbocycles. The third-order valence-electron chi connectivity index (χ3n) is 3.73. The lowest BCUT2D eigenvalue weighted by Crippen LogP contribution is -2.22. The number of hydrogen-bond acceptors (Lipinski definition) is 6. The molecule has 1 heterocycles. The Morgan fingerprint density at radius 1 is 1.15 bits per heavy atom. The van der Waals surface area contributed by atoms with Crippen molar-refractivity contribution in [2.24, 2.45) is 0 Å². The zero-order valence-electron chi connectivity index (χ0n) is 15.2. The molecule has 0 unspecified atom stereocenters. The molecule has 6 nitrogen and oxygen atoms in total. The Balaban J connectivity index is 1.53. The van der Waals surface area contributed by atoms with Crippen LogP contribution < -0.4 is 10.1 Å². The molecule has 0 fully saturated rings. The van der Waals surface area contributed by atoms with Crippen LogP contribution in [-0.4, -0.2) is 28.0 Å². The van der Waals surface area contributed by atoms with Crippen LogP contribution in [0.2, 0.25) is 0 Å². The Kier molecular flexibility index (Phi) is 6.49. The number of rotatable bonds is 8. The van der Waals surface area contributed by atoms with Crippen LogP contribution in [0, 0.1) is 0 Å². The van der Waals surface area contributed by atoms with Crippen molar-refractivity contribution < 1.29 is 13.9 Å². The van der Waals surface area contributed by atoms with E-state index in [9.17, 15) is 4.79 Å². The first kappa shape index (κ1) is 19.0. The number of nitrogens with zero attached hydrogens (tertiary/aromatic N) is 2. The molecular formula is C20H21N3O3S. The number of thioether (sulfide) groups is 1. The van der Waals surface area contributed by atoms with Gasteiger partial charge in [0.1, 0.15) is 5.75 Å². The van der Waals surface area contributed by atoms with E-state index in [0.717, 1.165) is 11.3 Å². The summed E-state index contributed by atoms with van der Waals surface area (Å²) in [6, 6.07) is 17.2. The molecule has 0 aliphatic carbocycles. The van der Waals surface area contributed by atoms with E-state index in [1.54, 1.807) is 6.92 Å². The van der Waals surface area contributed by atoms with Crippen LogP contribution in [0.5, 0.6) is 5.75 Å². The molecule has 3 aromatic rings.